The highest BCUT2D eigenvalue weighted by Crippen LogP contribution is 2.03. The lowest BCUT2D eigenvalue weighted by Crippen LogP contribution is -1.82. The van der Waals surface area contributed by atoms with Gasteiger partial charge in [0.1, 0.15) is 0 Å². The zero-order valence-electron chi connectivity index (χ0n) is 5.97. The fourth-order valence-corrected chi connectivity index (χ4v) is 0.786. The molecule has 2 radical (unpaired) electrons. The van der Waals surface area contributed by atoms with Crippen LogP contribution in [0.2, 0.25) is 6.32 Å². The summed E-state index contributed by atoms with van der Waals surface area (Å²) in [7, 11) is 5.29. The van der Waals surface area contributed by atoms with Crippen molar-refractivity contribution in [3.05, 3.63) is 0 Å². The quantitative estimate of drug-likeness (QED) is 0.422. The molecule has 0 aliphatic carbocycles. The first-order valence-electron chi connectivity index (χ1n) is 3.72. The van der Waals surface area contributed by atoms with Crippen molar-refractivity contribution < 1.29 is 5.11 Å². The summed E-state index contributed by atoms with van der Waals surface area (Å²) in [6.07, 6.45) is 6.47. The van der Waals surface area contributed by atoms with E-state index in [-0.39, 0.29) is 0 Å². The van der Waals surface area contributed by atoms with Crippen molar-refractivity contribution in [2.45, 2.75) is 38.4 Å². The van der Waals surface area contributed by atoms with Crippen LogP contribution in [0.25, 0.3) is 0 Å². The van der Waals surface area contributed by atoms with Crippen molar-refractivity contribution >= 4 is 7.85 Å². The third kappa shape index (κ3) is 8.02. The van der Waals surface area contributed by atoms with Crippen LogP contribution in [0.3, 0.4) is 0 Å². The summed E-state index contributed by atoms with van der Waals surface area (Å²) in [5.74, 6) is 0. The molecule has 0 aromatic heterocycles. The van der Waals surface area contributed by atoms with Crippen molar-refractivity contribution in [3.8, 4) is 0 Å². The van der Waals surface area contributed by atoms with Gasteiger partial charge in [0, 0.05) is 6.61 Å². The number of hydrogen-bond acceptors (Lipinski definition) is 1. The Balaban J connectivity index is 2.60. The van der Waals surface area contributed by atoms with Crippen LogP contribution in [-0.4, -0.2) is 19.6 Å². The lowest BCUT2D eigenvalue weighted by molar-refractivity contribution is 0.282. The minimum absolute atomic E-state index is 0.336. The molecule has 0 spiro atoms. The zero-order valence-corrected chi connectivity index (χ0v) is 5.97. The van der Waals surface area contributed by atoms with Crippen molar-refractivity contribution in [2.75, 3.05) is 6.61 Å². The third-order valence-corrected chi connectivity index (χ3v) is 1.36. The van der Waals surface area contributed by atoms with E-state index >= 15 is 0 Å². The average molecular weight is 126 g/mol. The predicted molar refractivity (Wildman–Crippen MR) is 40.7 cm³/mol. The minimum Gasteiger partial charge on any atom is -0.396 e. The van der Waals surface area contributed by atoms with E-state index in [4.69, 9.17) is 13.0 Å². The molecule has 0 atom stereocenters. The van der Waals surface area contributed by atoms with Crippen LogP contribution in [-0.2, 0) is 0 Å². The molecule has 0 aliphatic rings. The van der Waals surface area contributed by atoms with Gasteiger partial charge in [-0.1, -0.05) is 32.0 Å². The number of rotatable bonds is 6. The molecule has 0 fully saturated rings. The van der Waals surface area contributed by atoms with E-state index in [2.05, 4.69) is 0 Å². The Hall–Kier alpha value is 0.0249. The molecule has 0 aliphatic heterocycles. The second-order valence-corrected chi connectivity index (χ2v) is 2.28. The summed E-state index contributed by atoms with van der Waals surface area (Å²) < 4.78 is 0. The van der Waals surface area contributed by atoms with Crippen LogP contribution in [0.15, 0.2) is 0 Å². The average Bonchev–Trinajstić information content (AvgIpc) is 1.89. The number of hydrogen-bond donors (Lipinski definition) is 1. The molecule has 0 amide bonds. The molecule has 0 aromatic carbocycles. The van der Waals surface area contributed by atoms with Crippen LogP contribution in [0.5, 0.6) is 0 Å². The molecule has 0 unspecified atom stereocenters. The van der Waals surface area contributed by atoms with Gasteiger partial charge in [-0.3, -0.25) is 0 Å². The van der Waals surface area contributed by atoms with E-state index in [1.807, 2.05) is 0 Å². The summed E-state index contributed by atoms with van der Waals surface area (Å²) in [6, 6.07) is 0. The van der Waals surface area contributed by atoms with E-state index in [0.717, 1.165) is 25.6 Å². The maximum absolute atomic E-state index is 8.40. The zero-order chi connectivity index (χ0) is 6.95. The van der Waals surface area contributed by atoms with E-state index < -0.39 is 0 Å². The van der Waals surface area contributed by atoms with Gasteiger partial charge in [-0.15, -0.1) is 0 Å². The second-order valence-electron chi connectivity index (χ2n) is 2.28. The molecule has 1 nitrogen and oxygen atoms in total. The Morgan fingerprint density at radius 3 is 2.00 bits per heavy atom. The molecule has 9 heavy (non-hydrogen) atoms. The maximum atomic E-state index is 8.40. The van der Waals surface area contributed by atoms with Gasteiger partial charge in [-0.25, -0.2) is 0 Å². The monoisotopic (exact) mass is 126 g/mol. The summed E-state index contributed by atoms with van der Waals surface area (Å²) in [6.45, 7) is 0.336. The van der Waals surface area contributed by atoms with Crippen LogP contribution in [0.4, 0.5) is 0 Å². The van der Waals surface area contributed by atoms with Crippen LogP contribution in [0.1, 0.15) is 32.1 Å². The molecule has 0 rings (SSSR count). The minimum atomic E-state index is 0.336. The molecule has 1 N–H and O–H groups in total. The lowest BCUT2D eigenvalue weighted by Gasteiger charge is -1.95. The van der Waals surface area contributed by atoms with Gasteiger partial charge in [0.2, 0.25) is 0 Å². The van der Waals surface area contributed by atoms with Gasteiger partial charge >= 0.3 is 0 Å². The normalized spacial score (nSPS) is 9.89. The Bertz CT molecular complexity index is 42.2. The van der Waals surface area contributed by atoms with Crippen molar-refractivity contribution in [1.82, 2.24) is 0 Å². The number of aliphatic hydroxyl groups is 1. The Morgan fingerprint density at radius 2 is 1.44 bits per heavy atom. The number of aliphatic hydroxyl groups excluding tert-OH is 1. The highest BCUT2D eigenvalue weighted by molar-refractivity contribution is 6.08. The van der Waals surface area contributed by atoms with E-state index in [1.165, 1.54) is 12.8 Å². The van der Waals surface area contributed by atoms with Crippen molar-refractivity contribution in [2.24, 2.45) is 0 Å². The lowest BCUT2D eigenvalue weighted by atomic mass is 9.99. The van der Waals surface area contributed by atoms with Crippen LogP contribution >= 0.6 is 0 Å². The standard InChI is InChI=1S/C7H15BO/c8-6-4-2-1-3-5-7-9/h9H,1-7H2. The smallest absolute Gasteiger partial charge is 0.0653 e. The SMILES string of the molecule is [B]CCCCCCCO. The largest absolute Gasteiger partial charge is 0.396 e. The van der Waals surface area contributed by atoms with Gasteiger partial charge in [0.25, 0.3) is 0 Å². The fraction of sp³-hybridized carbons (Fsp3) is 1.00. The molecule has 2 heteroatoms. The highest BCUT2D eigenvalue weighted by atomic mass is 16.2. The highest BCUT2D eigenvalue weighted by Gasteiger charge is 1.86. The number of unbranched alkanes of at least 4 members (excludes halogenated alkanes) is 4. The molecular formula is C7H15BO. The summed E-state index contributed by atoms with van der Waals surface area (Å²) in [5.41, 5.74) is 0. The summed E-state index contributed by atoms with van der Waals surface area (Å²) >= 11 is 0. The van der Waals surface area contributed by atoms with Gasteiger partial charge in [-0.05, 0) is 6.42 Å². The van der Waals surface area contributed by atoms with Crippen molar-refractivity contribution in [3.63, 3.8) is 0 Å². The second kappa shape index (κ2) is 8.02. The van der Waals surface area contributed by atoms with Gasteiger partial charge in [-0.2, -0.15) is 0 Å². The Kier molecular flexibility index (Phi) is 8.05. The van der Waals surface area contributed by atoms with Crippen LogP contribution in [0, 0.1) is 0 Å². The van der Waals surface area contributed by atoms with E-state index in [1.54, 1.807) is 0 Å². The topological polar surface area (TPSA) is 20.2 Å². The van der Waals surface area contributed by atoms with Gasteiger partial charge in [0.05, 0.1) is 7.85 Å². The molecular weight excluding hydrogens is 111 g/mol. The summed E-state index contributed by atoms with van der Waals surface area (Å²) in [5, 5.41) is 8.40. The first-order chi connectivity index (χ1) is 4.41. The van der Waals surface area contributed by atoms with Gasteiger partial charge < -0.3 is 5.11 Å². The first-order valence-corrected chi connectivity index (χ1v) is 3.72. The van der Waals surface area contributed by atoms with E-state index in [9.17, 15) is 0 Å². The third-order valence-electron chi connectivity index (χ3n) is 1.36. The fourth-order valence-electron chi connectivity index (χ4n) is 0.786. The Labute approximate surface area is 58.9 Å². The Morgan fingerprint density at radius 1 is 0.889 bits per heavy atom. The maximum Gasteiger partial charge on any atom is 0.0653 e. The molecule has 0 saturated carbocycles. The van der Waals surface area contributed by atoms with Crippen LogP contribution < -0.4 is 0 Å². The molecule has 0 aromatic rings. The predicted octanol–water partition coefficient (Wildman–Crippen LogP) is 1.52. The van der Waals surface area contributed by atoms with Gasteiger partial charge in [0.15, 0.2) is 0 Å². The first kappa shape index (κ1) is 9.02. The summed E-state index contributed by atoms with van der Waals surface area (Å²) in [4.78, 5) is 0. The molecule has 52 valence electrons. The molecule has 0 bridgehead atoms. The van der Waals surface area contributed by atoms with Crippen molar-refractivity contribution in [1.29, 1.82) is 0 Å². The molecule has 0 heterocycles. The molecule has 0 saturated heterocycles. The van der Waals surface area contributed by atoms with E-state index in [0.29, 0.717) is 6.61 Å².